The third-order valence-corrected chi connectivity index (χ3v) is 3.60. The lowest BCUT2D eigenvalue weighted by Gasteiger charge is -2.32. The second kappa shape index (κ2) is 6.97. The minimum absolute atomic E-state index is 0.261. The van der Waals surface area contributed by atoms with E-state index in [4.69, 9.17) is 0 Å². The standard InChI is InChI=1S/C13H27N3O/c1-4-7-13(8-5-10-15-13)12(17)16(3)11-6-9-14-2/h14-15H,4-11H2,1-3H3. The molecule has 1 aliphatic heterocycles. The van der Waals surface area contributed by atoms with Crippen LogP contribution in [0.25, 0.3) is 0 Å². The number of carbonyl (C=O) groups is 1. The molecule has 17 heavy (non-hydrogen) atoms. The van der Waals surface area contributed by atoms with Gasteiger partial charge >= 0.3 is 0 Å². The third kappa shape index (κ3) is 3.68. The Morgan fingerprint density at radius 2 is 2.29 bits per heavy atom. The average molecular weight is 241 g/mol. The third-order valence-electron chi connectivity index (χ3n) is 3.60. The molecule has 1 amide bonds. The molecule has 2 N–H and O–H groups in total. The molecular formula is C13H27N3O. The lowest BCUT2D eigenvalue weighted by Crippen LogP contribution is -2.54. The molecule has 4 heteroatoms. The van der Waals surface area contributed by atoms with Crippen molar-refractivity contribution in [3.8, 4) is 0 Å². The zero-order chi connectivity index (χ0) is 12.7. The van der Waals surface area contributed by atoms with Crippen LogP contribution in [-0.4, -0.2) is 50.1 Å². The zero-order valence-corrected chi connectivity index (χ0v) is 11.5. The van der Waals surface area contributed by atoms with Crippen molar-refractivity contribution in [1.29, 1.82) is 0 Å². The fourth-order valence-electron chi connectivity index (χ4n) is 2.70. The Morgan fingerprint density at radius 3 is 2.82 bits per heavy atom. The van der Waals surface area contributed by atoms with E-state index in [9.17, 15) is 4.79 Å². The lowest BCUT2D eigenvalue weighted by atomic mass is 9.90. The number of hydrogen-bond donors (Lipinski definition) is 2. The van der Waals surface area contributed by atoms with E-state index in [1.165, 1.54) is 0 Å². The van der Waals surface area contributed by atoms with Gasteiger partial charge in [-0.3, -0.25) is 4.79 Å². The summed E-state index contributed by atoms with van der Waals surface area (Å²) in [4.78, 5) is 14.4. The molecule has 1 saturated heterocycles. The molecule has 1 heterocycles. The molecular weight excluding hydrogens is 214 g/mol. The van der Waals surface area contributed by atoms with Crippen LogP contribution in [0.2, 0.25) is 0 Å². The van der Waals surface area contributed by atoms with Crippen LogP contribution < -0.4 is 10.6 Å². The van der Waals surface area contributed by atoms with Gasteiger partial charge in [-0.25, -0.2) is 0 Å². The van der Waals surface area contributed by atoms with Gasteiger partial charge < -0.3 is 15.5 Å². The van der Waals surface area contributed by atoms with Crippen molar-refractivity contribution in [2.75, 3.05) is 33.7 Å². The van der Waals surface area contributed by atoms with Crippen LogP contribution in [0.5, 0.6) is 0 Å². The first-order valence-electron chi connectivity index (χ1n) is 6.81. The van der Waals surface area contributed by atoms with Crippen LogP contribution in [0.15, 0.2) is 0 Å². The van der Waals surface area contributed by atoms with E-state index in [0.717, 1.165) is 51.7 Å². The van der Waals surface area contributed by atoms with Gasteiger partial charge in [-0.15, -0.1) is 0 Å². The highest BCUT2D eigenvalue weighted by molar-refractivity contribution is 5.86. The van der Waals surface area contributed by atoms with Crippen molar-refractivity contribution < 1.29 is 4.79 Å². The SMILES string of the molecule is CCCC1(C(=O)N(C)CCCNC)CCCN1. The molecule has 0 aromatic rings. The predicted octanol–water partition coefficient (Wildman–Crippen LogP) is 0.977. The molecule has 0 aromatic carbocycles. The number of nitrogens with one attached hydrogen (secondary N) is 2. The number of likely N-dealkylation sites (N-methyl/N-ethyl adjacent to an activating group) is 1. The van der Waals surface area contributed by atoms with Crippen LogP contribution in [0.3, 0.4) is 0 Å². The summed E-state index contributed by atoms with van der Waals surface area (Å²) in [7, 11) is 3.87. The first-order valence-corrected chi connectivity index (χ1v) is 6.81. The first kappa shape index (κ1) is 14.5. The molecule has 0 saturated carbocycles. The van der Waals surface area contributed by atoms with Crippen molar-refractivity contribution in [3.05, 3.63) is 0 Å². The molecule has 100 valence electrons. The maximum absolute atomic E-state index is 12.5. The monoisotopic (exact) mass is 241 g/mol. The molecule has 0 aliphatic carbocycles. The fraction of sp³-hybridized carbons (Fsp3) is 0.923. The summed E-state index contributed by atoms with van der Waals surface area (Å²) >= 11 is 0. The van der Waals surface area contributed by atoms with Crippen LogP contribution in [0.4, 0.5) is 0 Å². The van der Waals surface area contributed by atoms with Gasteiger partial charge in [0.1, 0.15) is 0 Å². The Balaban J connectivity index is 2.52. The second-order valence-corrected chi connectivity index (χ2v) is 5.05. The van der Waals surface area contributed by atoms with E-state index in [1.54, 1.807) is 0 Å². The molecule has 0 aromatic heterocycles. The van der Waals surface area contributed by atoms with Gasteiger partial charge in [-0.1, -0.05) is 13.3 Å². The minimum atomic E-state index is -0.261. The van der Waals surface area contributed by atoms with Gasteiger partial charge in [0.2, 0.25) is 5.91 Å². The maximum Gasteiger partial charge on any atom is 0.242 e. The maximum atomic E-state index is 12.5. The van der Waals surface area contributed by atoms with Crippen molar-refractivity contribution in [3.63, 3.8) is 0 Å². The minimum Gasteiger partial charge on any atom is -0.344 e. The number of amides is 1. The van der Waals surface area contributed by atoms with Gasteiger partial charge in [-0.2, -0.15) is 0 Å². The van der Waals surface area contributed by atoms with Gasteiger partial charge in [0.15, 0.2) is 0 Å². The van der Waals surface area contributed by atoms with Crippen LogP contribution in [0.1, 0.15) is 39.0 Å². The molecule has 0 bridgehead atoms. The van der Waals surface area contributed by atoms with Crippen molar-refractivity contribution in [2.45, 2.75) is 44.6 Å². The summed E-state index contributed by atoms with van der Waals surface area (Å²) in [6.07, 6.45) is 5.15. The van der Waals surface area contributed by atoms with Crippen molar-refractivity contribution in [1.82, 2.24) is 15.5 Å². The number of hydrogen-bond acceptors (Lipinski definition) is 3. The fourth-order valence-corrected chi connectivity index (χ4v) is 2.70. The van der Waals surface area contributed by atoms with Crippen LogP contribution >= 0.6 is 0 Å². The normalized spacial score (nSPS) is 23.9. The largest absolute Gasteiger partial charge is 0.344 e. The van der Waals surface area contributed by atoms with Crippen molar-refractivity contribution >= 4 is 5.91 Å². The molecule has 1 unspecified atom stereocenters. The van der Waals surface area contributed by atoms with E-state index in [-0.39, 0.29) is 11.4 Å². The van der Waals surface area contributed by atoms with Crippen molar-refractivity contribution in [2.24, 2.45) is 0 Å². The Bertz CT molecular complexity index is 237. The van der Waals surface area contributed by atoms with E-state index < -0.39 is 0 Å². The van der Waals surface area contributed by atoms with E-state index in [1.807, 2.05) is 19.0 Å². The van der Waals surface area contributed by atoms with E-state index in [2.05, 4.69) is 17.6 Å². The van der Waals surface area contributed by atoms with Gasteiger partial charge in [0.05, 0.1) is 5.54 Å². The Kier molecular flexibility index (Phi) is 5.92. The van der Waals surface area contributed by atoms with Gasteiger partial charge in [-0.05, 0) is 45.8 Å². The molecule has 1 aliphatic rings. The molecule has 4 nitrogen and oxygen atoms in total. The number of rotatable bonds is 7. The molecule has 1 fully saturated rings. The lowest BCUT2D eigenvalue weighted by molar-refractivity contribution is -0.136. The highest BCUT2D eigenvalue weighted by atomic mass is 16.2. The Morgan fingerprint density at radius 1 is 1.53 bits per heavy atom. The zero-order valence-electron chi connectivity index (χ0n) is 11.5. The second-order valence-electron chi connectivity index (χ2n) is 5.05. The van der Waals surface area contributed by atoms with Crippen LogP contribution in [0, 0.1) is 0 Å². The summed E-state index contributed by atoms with van der Waals surface area (Å²) in [5, 5.41) is 6.55. The summed E-state index contributed by atoms with van der Waals surface area (Å²) in [5.74, 6) is 0.285. The Hall–Kier alpha value is -0.610. The smallest absolute Gasteiger partial charge is 0.242 e. The molecule has 0 spiro atoms. The Labute approximate surface area is 105 Å². The highest BCUT2D eigenvalue weighted by Gasteiger charge is 2.41. The molecule has 1 rings (SSSR count). The quantitative estimate of drug-likeness (QED) is 0.653. The van der Waals surface area contributed by atoms with Gasteiger partial charge in [0, 0.05) is 13.6 Å². The summed E-state index contributed by atoms with van der Waals surface area (Å²) < 4.78 is 0. The molecule has 0 radical (unpaired) electrons. The van der Waals surface area contributed by atoms with E-state index in [0.29, 0.717) is 0 Å². The predicted molar refractivity (Wildman–Crippen MR) is 71.1 cm³/mol. The number of nitrogens with zero attached hydrogens (tertiary/aromatic N) is 1. The summed E-state index contributed by atoms with van der Waals surface area (Å²) in [5.41, 5.74) is -0.261. The first-order chi connectivity index (χ1) is 8.16. The average Bonchev–Trinajstić information content (AvgIpc) is 2.78. The van der Waals surface area contributed by atoms with Gasteiger partial charge in [0.25, 0.3) is 0 Å². The number of carbonyl (C=O) groups excluding carboxylic acids is 1. The topological polar surface area (TPSA) is 44.4 Å². The summed E-state index contributed by atoms with van der Waals surface area (Å²) in [6, 6.07) is 0. The van der Waals surface area contributed by atoms with Crippen LogP contribution in [-0.2, 0) is 4.79 Å². The molecule has 1 atom stereocenters. The van der Waals surface area contributed by atoms with E-state index >= 15 is 0 Å². The highest BCUT2D eigenvalue weighted by Crippen LogP contribution is 2.26. The summed E-state index contributed by atoms with van der Waals surface area (Å²) in [6.45, 7) is 4.94.